The summed E-state index contributed by atoms with van der Waals surface area (Å²) in [6.45, 7) is 0. The SMILES string of the molecule is COC(=O)C1NC(c2cccnc2)C(C(=O)c2ccccc2)C1C(=O)c1ccccc1. The zero-order chi connectivity index (χ0) is 21.8. The number of carbonyl (C=O) groups excluding carboxylic acids is 3. The largest absolute Gasteiger partial charge is 0.468 e. The van der Waals surface area contributed by atoms with E-state index in [1.165, 1.54) is 7.11 Å². The van der Waals surface area contributed by atoms with E-state index >= 15 is 0 Å². The van der Waals surface area contributed by atoms with Gasteiger partial charge in [-0.2, -0.15) is 0 Å². The van der Waals surface area contributed by atoms with Gasteiger partial charge in [-0.05, 0) is 11.6 Å². The second-order valence-corrected chi connectivity index (χ2v) is 7.44. The zero-order valence-electron chi connectivity index (χ0n) is 17.0. The fraction of sp³-hybridized carbons (Fsp3) is 0.200. The van der Waals surface area contributed by atoms with E-state index in [1.54, 1.807) is 67.0 Å². The lowest BCUT2D eigenvalue weighted by molar-refractivity contribution is -0.143. The Balaban J connectivity index is 1.84. The summed E-state index contributed by atoms with van der Waals surface area (Å²) in [7, 11) is 1.28. The van der Waals surface area contributed by atoms with Crippen molar-refractivity contribution in [2.24, 2.45) is 11.8 Å². The molecule has 6 heteroatoms. The summed E-state index contributed by atoms with van der Waals surface area (Å²) in [5.74, 6) is -2.78. The molecule has 1 fully saturated rings. The van der Waals surface area contributed by atoms with Crippen LogP contribution in [0.25, 0.3) is 0 Å². The summed E-state index contributed by atoms with van der Waals surface area (Å²) in [6.07, 6.45) is 3.28. The number of esters is 1. The van der Waals surface area contributed by atoms with Crippen molar-refractivity contribution in [3.8, 4) is 0 Å². The maximum atomic E-state index is 13.7. The van der Waals surface area contributed by atoms with E-state index in [0.29, 0.717) is 11.1 Å². The van der Waals surface area contributed by atoms with Crippen LogP contribution in [0, 0.1) is 11.8 Å². The summed E-state index contributed by atoms with van der Waals surface area (Å²) in [5.41, 5.74) is 1.66. The van der Waals surface area contributed by atoms with Crippen LogP contribution in [0.5, 0.6) is 0 Å². The molecule has 0 radical (unpaired) electrons. The number of rotatable bonds is 6. The van der Waals surface area contributed by atoms with Gasteiger partial charge in [0.05, 0.1) is 18.9 Å². The summed E-state index contributed by atoms with van der Waals surface area (Å²) in [4.78, 5) is 44.1. The van der Waals surface area contributed by atoms with Crippen molar-refractivity contribution in [1.82, 2.24) is 10.3 Å². The number of ketones is 2. The third-order valence-corrected chi connectivity index (χ3v) is 5.69. The molecular formula is C25H22N2O4. The molecule has 3 aromatic rings. The number of nitrogens with one attached hydrogen (secondary N) is 1. The molecule has 2 heterocycles. The Hall–Kier alpha value is -3.64. The molecule has 4 unspecified atom stereocenters. The van der Waals surface area contributed by atoms with Crippen LogP contribution in [0.2, 0.25) is 0 Å². The Morgan fingerprint density at radius 2 is 1.39 bits per heavy atom. The van der Waals surface area contributed by atoms with Crippen LogP contribution < -0.4 is 5.32 Å². The molecule has 1 aliphatic rings. The number of aromatic nitrogens is 1. The minimum atomic E-state index is -0.958. The van der Waals surface area contributed by atoms with E-state index in [1.807, 2.05) is 18.2 Å². The molecule has 1 saturated heterocycles. The maximum Gasteiger partial charge on any atom is 0.323 e. The topological polar surface area (TPSA) is 85.4 Å². The van der Waals surface area contributed by atoms with Gasteiger partial charge in [0.1, 0.15) is 6.04 Å². The predicted molar refractivity (Wildman–Crippen MR) is 114 cm³/mol. The van der Waals surface area contributed by atoms with Gasteiger partial charge in [0.25, 0.3) is 0 Å². The van der Waals surface area contributed by atoms with Crippen LogP contribution in [-0.2, 0) is 9.53 Å². The van der Waals surface area contributed by atoms with Gasteiger partial charge in [0, 0.05) is 29.6 Å². The van der Waals surface area contributed by atoms with Crippen molar-refractivity contribution >= 4 is 17.5 Å². The molecule has 156 valence electrons. The summed E-state index contributed by atoms with van der Waals surface area (Å²) in [6, 6.07) is 19.6. The molecule has 4 atom stereocenters. The molecular weight excluding hydrogens is 392 g/mol. The lowest BCUT2D eigenvalue weighted by atomic mass is 9.76. The first kappa shape index (κ1) is 20.6. The average molecular weight is 414 g/mol. The fourth-order valence-electron chi connectivity index (χ4n) is 4.24. The number of benzene rings is 2. The second-order valence-electron chi connectivity index (χ2n) is 7.44. The molecule has 1 aromatic heterocycles. The van der Waals surface area contributed by atoms with Gasteiger partial charge in [0.15, 0.2) is 11.6 Å². The molecule has 6 nitrogen and oxygen atoms in total. The number of Topliss-reactive ketones (excluding diaryl/α,β-unsaturated/α-hetero) is 2. The first-order valence-electron chi connectivity index (χ1n) is 10.0. The zero-order valence-corrected chi connectivity index (χ0v) is 17.0. The third-order valence-electron chi connectivity index (χ3n) is 5.69. The van der Waals surface area contributed by atoms with Gasteiger partial charge in [-0.25, -0.2) is 0 Å². The number of nitrogens with zero attached hydrogens (tertiary/aromatic N) is 1. The highest BCUT2D eigenvalue weighted by Crippen LogP contribution is 2.41. The smallest absolute Gasteiger partial charge is 0.323 e. The highest BCUT2D eigenvalue weighted by Gasteiger charge is 2.53. The van der Waals surface area contributed by atoms with E-state index in [-0.39, 0.29) is 11.6 Å². The van der Waals surface area contributed by atoms with Crippen LogP contribution in [0.4, 0.5) is 0 Å². The highest BCUT2D eigenvalue weighted by molar-refractivity contribution is 6.08. The van der Waals surface area contributed by atoms with Crippen molar-refractivity contribution < 1.29 is 19.1 Å². The predicted octanol–water partition coefficient (Wildman–Crippen LogP) is 3.27. The second kappa shape index (κ2) is 9.02. The number of carbonyl (C=O) groups is 3. The number of methoxy groups -OCH3 is 1. The minimum Gasteiger partial charge on any atom is -0.468 e. The summed E-state index contributed by atoms with van der Waals surface area (Å²) in [5, 5.41) is 3.20. The Morgan fingerprint density at radius 1 is 0.806 bits per heavy atom. The van der Waals surface area contributed by atoms with Gasteiger partial charge in [-0.15, -0.1) is 0 Å². The molecule has 0 bridgehead atoms. The maximum absolute atomic E-state index is 13.7. The molecule has 1 aliphatic heterocycles. The van der Waals surface area contributed by atoms with Crippen molar-refractivity contribution in [3.05, 3.63) is 102 Å². The lowest BCUT2D eigenvalue weighted by Gasteiger charge is -2.23. The Kier molecular flexibility index (Phi) is 6.00. The minimum absolute atomic E-state index is 0.206. The third kappa shape index (κ3) is 4.02. The van der Waals surface area contributed by atoms with E-state index in [9.17, 15) is 14.4 Å². The first-order valence-corrected chi connectivity index (χ1v) is 10.0. The monoisotopic (exact) mass is 414 g/mol. The van der Waals surface area contributed by atoms with Crippen LogP contribution in [0.1, 0.15) is 32.3 Å². The van der Waals surface area contributed by atoms with Gasteiger partial charge in [0.2, 0.25) is 0 Å². The van der Waals surface area contributed by atoms with Gasteiger partial charge >= 0.3 is 5.97 Å². The van der Waals surface area contributed by atoms with Crippen LogP contribution in [0.3, 0.4) is 0 Å². The van der Waals surface area contributed by atoms with Crippen LogP contribution >= 0.6 is 0 Å². The average Bonchev–Trinajstić information content (AvgIpc) is 3.25. The number of hydrogen-bond acceptors (Lipinski definition) is 6. The Bertz CT molecular complexity index is 1070. The van der Waals surface area contributed by atoms with Crippen LogP contribution in [0.15, 0.2) is 85.2 Å². The van der Waals surface area contributed by atoms with E-state index < -0.39 is 29.9 Å². The quantitative estimate of drug-likeness (QED) is 0.492. The van der Waals surface area contributed by atoms with Crippen molar-refractivity contribution in [2.45, 2.75) is 12.1 Å². The molecule has 0 aliphatic carbocycles. The van der Waals surface area contributed by atoms with Crippen LogP contribution in [-0.4, -0.2) is 35.7 Å². The summed E-state index contributed by atoms with van der Waals surface area (Å²) >= 11 is 0. The molecule has 4 rings (SSSR count). The Morgan fingerprint density at radius 3 is 1.90 bits per heavy atom. The molecule has 0 amide bonds. The number of ether oxygens (including phenoxy) is 1. The lowest BCUT2D eigenvalue weighted by Crippen LogP contribution is -2.41. The van der Waals surface area contributed by atoms with Crippen molar-refractivity contribution in [3.63, 3.8) is 0 Å². The Labute approximate surface area is 180 Å². The van der Waals surface area contributed by atoms with E-state index in [0.717, 1.165) is 5.56 Å². The van der Waals surface area contributed by atoms with Gasteiger partial charge in [-0.1, -0.05) is 66.7 Å². The normalized spacial score (nSPS) is 22.6. The van der Waals surface area contributed by atoms with Gasteiger partial charge in [-0.3, -0.25) is 24.7 Å². The number of pyridine rings is 1. The molecule has 31 heavy (non-hydrogen) atoms. The fourth-order valence-corrected chi connectivity index (χ4v) is 4.24. The van der Waals surface area contributed by atoms with Gasteiger partial charge < -0.3 is 4.74 Å². The molecule has 1 N–H and O–H groups in total. The van der Waals surface area contributed by atoms with Crippen molar-refractivity contribution in [2.75, 3.05) is 7.11 Å². The number of hydrogen-bond donors (Lipinski definition) is 1. The van der Waals surface area contributed by atoms with E-state index in [4.69, 9.17) is 4.74 Å². The van der Waals surface area contributed by atoms with E-state index in [2.05, 4.69) is 10.3 Å². The standard InChI is InChI=1S/C25H22N2O4/c1-31-25(30)22-20(24(29)17-11-6-3-7-12-17)19(23(28)16-9-4-2-5-10-16)21(27-22)18-13-8-14-26-15-18/h2-15,19-22,27H,1H3. The molecule has 2 aromatic carbocycles. The molecule has 0 spiro atoms. The first-order chi connectivity index (χ1) is 15.1. The van der Waals surface area contributed by atoms with Crippen molar-refractivity contribution in [1.29, 1.82) is 0 Å². The molecule has 0 saturated carbocycles. The summed E-state index contributed by atoms with van der Waals surface area (Å²) < 4.78 is 4.99. The highest BCUT2D eigenvalue weighted by atomic mass is 16.5.